The second-order valence-corrected chi connectivity index (χ2v) is 9.52. The van der Waals surface area contributed by atoms with Gasteiger partial charge in [0.15, 0.2) is 0 Å². The van der Waals surface area contributed by atoms with Gasteiger partial charge in [-0.3, -0.25) is 9.69 Å². The van der Waals surface area contributed by atoms with Crippen molar-refractivity contribution < 1.29 is 9.53 Å². The summed E-state index contributed by atoms with van der Waals surface area (Å²) in [6, 6.07) is 22.8. The smallest absolute Gasteiger partial charge is 0.225 e. The molecule has 0 N–H and O–H groups in total. The summed E-state index contributed by atoms with van der Waals surface area (Å²) >= 11 is 0. The predicted octanol–water partition coefficient (Wildman–Crippen LogP) is 4.73. The summed E-state index contributed by atoms with van der Waals surface area (Å²) in [6.45, 7) is 4.16. The van der Waals surface area contributed by atoms with Gasteiger partial charge in [0.25, 0.3) is 0 Å². The van der Waals surface area contributed by atoms with Crippen molar-refractivity contribution in [2.75, 3.05) is 33.3 Å². The summed E-state index contributed by atoms with van der Waals surface area (Å²) in [5.74, 6) is 1.48. The van der Waals surface area contributed by atoms with Gasteiger partial charge in [-0.15, -0.1) is 0 Å². The number of pyridine rings is 1. The van der Waals surface area contributed by atoms with Crippen molar-refractivity contribution in [1.29, 1.82) is 0 Å². The molecule has 0 atom stereocenters. The fourth-order valence-corrected chi connectivity index (χ4v) is 4.95. The molecule has 0 unspecified atom stereocenters. The third-order valence-corrected chi connectivity index (χ3v) is 7.17. The standard InChI is InChI=1S/C29H30N4O2/c1-35-25-12-9-22(10-13-25)28-26(20-31-15-17-32(18-16-31)29(34)23-7-8-23)33-19-24(11-14-27(33)30-28)21-5-3-2-4-6-21/h2-6,9-14,19,23H,7-8,15-18,20H2,1H3. The van der Waals surface area contributed by atoms with Crippen LogP contribution < -0.4 is 4.74 Å². The van der Waals surface area contributed by atoms with Crippen LogP contribution >= 0.6 is 0 Å². The highest BCUT2D eigenvalue weighted by Gasteiger charge is 2.34. The maximum absolute atomic E-state index is 12.5. The quantitative estimate of drug-likeness (QED) is 0.412. The summed E-state index contributed by atoms with van der Waals surface area (Å²) in [5.41, 5.74) is 6.53. The normalized spacial score (nSPS) is 16.5. The van der Waals surface area contributed by atoms with Crippen molar-refractivity contribution in [3.63, 3.8) is 0 Å². The molecule has 2 fully saturated rings. The minimum absolute atomic E-state index is 0.290. The fraction of sp³-hybridized carbons (Fsp3) is 0.310. The van der Waals surface area contributed by atoms with Crippen molar-refractivity contribution in [1.82, 2.24) is 19.2 Å². The second kappa shape index (κ2) is 9.19. The Morgan fingerprint density at radius 2 is 1.60 bits per heavy atom. The minimum Gasteiger partial charge on any atom is -0.497 e. The number of imidazole rings is 1. The molecule has 6 heteroatoms. The molecule has 3 heterocycles. The average molecular weight is 467 g/mol. The van der Waals surface area contributed by atoms with Gasteiger partial charge >= 0.3 is 0 Å². The SMILES string of the molecule is COc1ccc(-c2nc3ccc(-c4ccccc4)cn3c2CN2CCN(C(=O)C3CC3)CC2)cc1. The molecule has 1 amide bonds. The van der Waals surface area contributed by atoms with Crippen LogP contribution in [0.3, 0.4) is 0 Å². The van der Waals surface area contributed by atoms with Crippen LogP contribution in [0.15, 0.2) is 72.9 Å². The topological polar surface area (TPSA) is 50.1 Å². The first-order chi connectivity index (χ1) is 17.2. The molecule has 1 aliphatic carbocycles. The Kier molecular flexibility index (Phi) is 5.74. The van der Waals surface area contributed by atoms with Crippen molar-refractivity contribution in [2.45, 2.75) is 19.4 Å². The molecule has 35 heavy (non-hydrogen) atoms. The summed E-state index contributed by atoms with van der Waals surface area (Å²) in [6.07, 6.45) is 4.33. The predicted molar refractivity (Wildman–Crippen MR) is 137 cm³/mol. The van der Waals surface area contributed by atoms with E-state index in [4.69, 9.17) is 9.72 Å². The van der Waals surface area contributed by atoms with Crippen molar-refractivity contribution >= 4 is 11.6 Å². The van der Waals surface area contributed by atoms with E-state index < -0.39 is 0 Å². The van der Waals surface area contributed by atoms with Crippen LogP contribution in [-0.4, -0.2) is 58.4 Å². The van der Waals surface area contributed by atoms with Crippen molar-refractivity contribution in [2.24, 2.45) is 5.92 Å². The number of methoxy groups -OCH3 is 1. The number of hydrogen-bond acceptors (Lipinski definition) is 4. The van der Waals surface area contributed by atoms with E-state index in [-0.39, 0.29) is 0 Å². The van der Waals surface area contributed by atoms with E-state index in [1.54, 1.807) is 7.11 Å². The number of ether oxygens (including phenoxy) is 1. The zero-order valence-electron chi connectivity index (χ0n) is 20.1. The van der Waals surface area contributed by atoms with E-state index in [2.05, 4.69) is 68.9 Å². The molecule has 6 nitrogen and oxygen atoms in total. The van der Waals surface area contributed by atoms with E-state index >= 15 is 0 Å². The number of aromatic nitrogens is 2. The molecule has 6 rings (SSSR count). The number of piperazine rings is 1. The lowest BCUT2D eigenvalue weighted by Gasteiger charge is -2.35. The molecule has 2 aromatic heterocycles. The molecular formula is C29H30N4O2. The van der Waals surface area contributed by atoms with Crippen LogP contribution in [0.5, 0.6) is 5.75 Å². The molecule has 0 spiro atoms. The monoisotopic (exact) mass is 466 g/mol. The Bertz CT molecular complexity index is 1330. The Balaban J connectivity index is 1.34. The van der Waals surface area contributed by atoms with Gasteiger partial charge in [0.05, 0.1) is 18.5 Å². The molecule has 0 radical (unpaired) electrons. The van der Waals surface area contributed by atoms with Gasteiger partial charge in [-0.1, -0.05) is 30.3 Å². The molecular weight excluding hydrogens is 436 g/mol. The van der Waals surface area contributed by atoms with Gasteiger partial charge in [-0.05, 0) is 60.4 Å². The van der Waals surface area contributed by atoms with E-state index in [1.165, 1.54) is 11.3 Å². The first kappa shape index (κ1) is 21.9. The maximum atomic E-state index is 12.5. The molecule has 4 aromatic rings. The van der Waals surface area contributed by atoms with Gasteiger partial charge in [0, 0.05) is 50.4 Å². The third-order valence-electron chi connectivity index (χ3n) is 7.17. The number of hydrogen-bond donors (Lipinski definition) is 0. The Morgan fingerprint density at radius 3 is 2.29 bits per heavy atom. The molecule has 1 aliphatic heterocycles. The van der Waals surface area contributed by atoms with Crippen LogP contribution in [0.4, 0.5) is 0 Å². The first-order valence-corrected chi connectivity index (χ1v) is 12.4. The van der Waals surface area contributed by atoms with Crippen molar-refractivity contribution in [3.8, 4) is 28.1 Å². The number of nitrogens with zero attached hydrogens (tertiary/aromatic N) is 4. The molecule has 1 saturated carbocycles. The molecule has 0 bridgehead atoms. The van der Waals surface area contributed by atoms with Crippen LogP contribution in [0.25, 0.3) is 28.0 Å². The molecule has 178 valence electrons. The van der Waals surface area contributed by atoms with Crippen molar-refractivity contribution in [3.05, 3.63) is 78.6 Å². The van der Waals surface area contributed by atoms with Crippen LogP contribution in [-0.2, 0) is 11.3 Å². The van der Waals surface area contributed by atoms with Gasteiger partial charge in [-0.25, -0.2) is 4.98 Å². The number of carbonyl (C=O) groups excluding carboxylic acids is 1. The molecule has 1 saturated heterocycles. The van der Waals surface area contributed by atoms with E-state index in [9.17, 15) is 4.79 Å². The second-order valence-electron chi connectivity index (χ2n) is 9.52. The van der Waals surface area contributed by atoms with Gasteiger partial charge in [0.1, 0.15) is 11.4 Å². The molecule has 2 aliphatic rings. The Morgan fingerprint density at radius 1 is 0.886 bits per heavy atom. The highest BCUT2D eigenvalue weighted by Crippen LogP contribution is 2.32. The summed E-state index contributed by atoms with van der Waals surface area (Å²) in [5, 5.41) is 0. The van der Waals surface area contributed by atoms with Gasteiger partial charge in [0.2, 0.25) is 5.91 Å². The van der Waals surface area contributed by atoms with Crippen LogP contribution in [0.1, 0.15) is 18.5 Å². The number of amides is 1. The van der Waals surface area contributed by atoms with E-state index in [0.717, 1.165) is 73.8 Å². The first-order valence-electron chi connectivity index (χ1n) is 12.4. The van der Waals surface area contributed by atoms with E-state index in [0.29, 0.717) is 11.8 Å². The largest absolute Gasteiger partial charge is 0.497 e. The van der Waals surface area contributed by atoms with Crippen LogP contribution in [0, 0.1) is 5.92 Å². The highest BCUT2D eigenvalue weighted by atomic mass is 16.5. The number of benzene rings is 2. The third kappa shape index (κ3) is 4.42. The zero-order chi connectivity index (χ0) is 23.8. The van der Waals surface area contributed by atoms with Crippen LogP contribution in [0.2, 0.25) is 0 Å². The number of rotatable bonds is 6. The average Bonchev–Trinajstić information content (AvgIpc) is 3.71. The minimum atomic E-state index is 0.290. The summed E-state index contributed by atoms with van der Waals surface area (Å²) < 4.78 is 7.60. The molecule has 2 aromatic carbocycles. The lowest BCUT2D eigenvalue weighted by Crippen LogP contribution is -2.48. The number of carbonyl (C=O) groups is 1. The van der Waals surface area contributed by atoms with E-state index in [1.807, 2.05) is 18.2 Å². The van der Waals surface area contributed by atoms with Gasteiger partial charge < -0.3 is 14.0 Å². The Labute approximate surface area is 205 Å². The Hall–Kier alpha value is -3.64. The summed E-state index contributed by atoms with van der Waals surface area (Å²) in [7, 11) is 1.68. The van der Waals surface area contributed by atoms with Gasteiger partial charge in [-0.2, -0.15) is 0 Å². The highest BCUT2D eigenvalue weighted by molar-refractivity contribution is 5.81. The zero-order valence-corrected chi connectivity index (χ0v) is 20.1. The fourth-order valence-electron chi connectivity index (χ4n) is 4.95. The maximum Gasteiger partial charge on any atom is 0.225 e. The lowest BCUT2D eigenvalue weighted by atomic mass is 10.1. The lowest BCUT2D eigenvalue weighted by molar-refractivity contribution is -0.134. The summed E-state index contributed by atoms with van der Waals surface area (Å²) in [4.78, 5) is 22.1. The number of fused-ring (bicyclic) bond motifs is 1.